The minimum atomic E-state index is -4.92. The first-order chi connectivity index (χ1) is 15.8. The summed E-state index contributed by atoms with van der Waals surface area (Å²) in [6, 6.07) is 6.73. The van der Waals surface area contributed by atoms with Crippen LogP contribution in [0.5, 0.6) is 5.75 Å². The first-order valence-corrected chi connectivity index (χ1v) is 11.3. The third-order valence-corrected chi connectivity index (χ3v) is 7.34. The maximum atomic E-state index is 13.2. The number of likely N-dealkylation sites (N-methyl/N-ethyl adjacent to an activating group) is 1. The standard InChI is InChI=1S/C25H30F3N3O3/c1-16-12-17(6-7-19(16)34-5)22(33)30-10-8-24(9-11-30)20-13-18(21(32)25(26,27)28)14-31(20)23(2,3)15-29(24)4/h6-7,12-14H,8-11,15H2,1-5H3. The van der Waals surface area contributed by atoms with E-state index >= 15 is 0 Å². The minimum absolute atomic E-state index is 0.0808. The van der Waals surface area contributed by atoms with Crippen LogP contribution in [0.25, 0.3) is 0 Å². The van der Waals surface area contributed by atoms with E-state index in [1.54, 1.807) is 30.2 Å². The van der Waals surface area contributed by atoms with Crippen molar-refractivity contribution in [3.8, 4) is 5.75 Å². The summed E-state index contributed by atoms with van der Waals surface area (Å²) < 4.78 is 46.6. The average molecular weight is 478 g/mol. The number of hydrogen-bond acceptors (Lipinski definition) is 4. The monoisotopic (exact) mass is 477 g/mol. The number of rotatable bonds is 3. The van der Waals surface area contributed by atoms with E-state index in [0.29, 0.717) is 49.5 Å². The number of alkyl halides is 3. The fraction of sp³-hybridized carbons (Fsp3) is 0.520. The van der Waals surface area contributed by atoms with Crippen LogP contribution in [0.15, 0.2) is 30.5 Å². The van der Waals surface area contributed by atoms with Gasteiger partial charge in [-0.1, -0.05) is 0 Å². The number of aromatic nitrogens is 1. The number of Topliss-reactive ketones (excluding diaryl/α,β-unsaturated/α-hetero) is 1. The lowest BCUT2D eigenvalue weighted by molar-refractivity contribution is -0.0885. The molecule has 0 atom stereocenters. The molecule has 0 N–H and O–H groups in total. The molecule has 2 aromatic rings. The van der Waals surface area contributed by atoms with Gasteiger partial charge in [-0.05, 0) is 70.5 Å². The molecule has 1 amide bonds. The van der Waals surface area contributed by atoms with Crippen LogP contribution in [-0.2, 0) is 11.1 Å². The third-order valence-electron chi connectivity index (χ3n) is 7.34. The van der Waals surface area contributed by atoms with E-state index in [0.717, 1.165) is 5.56 Å². The molecule has 0 aliphatic carbocycles. The number of carbonyl (C=O) groups excluding carboxylic acids is 2. The molecule has 1 aromatic heterocycles. The number of amides is 1. The number of halogens is 3. The van der Waals surface area contributed by atoms with Crippen molar-refractivity contribution >= 4 is 11.7 Å². The fourth-order valence-electron chi connectivity index (χ4n) is 5.53. The maximum absolute atomic E-state index is 13.2. The van der Waals surface area contributed by atoms with Crippen LogP contribution in [0.4, 0.5) is 13.2 Å². The Morgan fingerprint density at radius 1 is 1.06 bits per heavy atom. The molecule has 0 unspecified atom stereocenters. The van der Waals surface area contributed by atoms with Gasteiger partial charge >= 0.3 is 6.18 Å². The second kappa shape index (κ2) is 8.15. The van der Waals surface area contributed by atoms with Crippen LogP contribution in [0.1, 0.15) is 58.7 Å². The second-order valence-corrected chi connectivity index (χ2v) is 9.99. The molecule has 2 aliphatic heterocycles. The lowest BCUT2D eigenvalue weighted by atomic mass is 9.78. The largest absolute Gasteiger partial charge is 0.496 e. The highest BCUT2D eigenvalue weighted by atomic mass is 19.4. The molecule has 0 radical (unpaired) electrons. The van der Waals surface area contributed by atoms with Crippen LogP contribution in [-0.4, -0.2) is 66.0 Å². The number of likely N-dealkylation sites (tertiary alicyclic amines) is 1. The molecule has 1 spiro atoms. The predicted molar refractivity (Wildman–Crippen MR) is 121 cm³/mol. The zero-order valence-corrected chi connectivity index (χ0v) is 20.1. The van der Waals surface area contributed by atoms with Gasteiger partial charge in [-0.2, -0.15) is 13.2 Å². The molecule has 0 bridgehead atoms. The van der Waals surface area contributed by atoms with Gasteiger partial charge in [0.05, 0.1) is 18.2 Å². The maximum Gasteiger partial charge on any atom is 0.454 e. The Morgan fingerprint density at radius 3 is 2.26 bits per heavy atom. The van der Waals surface area contributed by atoms with Crippen LogP contribution in [0.3, 0.4) is 0 Å². The number of aryl methyl sites for hydroxylation is 1. The highest BCUT2D eigenvalue weighted by molar-refractivity contribution is 6.00. The van der Waals surface area contributed by atoms with E-state index < -0.39 is 23.0 Å². The summed E-state index contributed by atoms with van der Waals surface area (Å²) >= 11 is 0. The zero-order chi connectivity index (χ0) is 25.1. The van der Waals surface area contributed by atoms with E-state index in [4.69, 9.17) is 4.74 Å². The highest BCUT2D eigenvalue weighted by Gasteiger charge is 2.50. The number of nitrogens with zero attached hydrogens (tertiary/aromatic N) is 3. The molecule has 4 rings (SSSR count). The van der Waals surface area contributed by atoms with E-state index in [2.05, 4.69) is 4.90 Å². The second-order valence-electron chi connectivity index (χ2n) is 9.99. The molecular weight excluding hydrogens is 447 g/mol. The van der Waals surface area contributed by atoms with Crippen molar-refractivity contribution in [2.45, 2.75) is 50.9 Å². The van der Waals surface area contributed by atoms with Gasteiger partial charge in [-0.15, -0.1) is 0 Å². The molecule has 0 saturated carbocycles. The molecule has 184 valence electrons. The number of fused-ring (bicyclic) bond motifs is 2. The number of carbonyl (C=O) groups is 2. The van der Waals surface area contributed by atoms with Gasteiger partial charge in [0.25, 0.3) is 11.7 Å². The Bertz CT molecular complexity index is 1130. The number of piperidine rings is 1. The summed E-state index contributed by atoms with van der Waals surface area (Å²) in [6.07, 6.45) is -2.46. The van der Waals surface area contributed by atoms with Crippen LogP contribution in [0, 0.1) is 6.92 Å². The number of ketones is 1. The number of methoxy groups -OCH3 is 1. The molecular formula is C25H30F3N3O3. The molecule has 6 nitrogen and oxygen atoms in total. The lowest BCUT2D eigenvalue weighted by Gasteiger charge is -2.54. The normalized spacial score (nSPS) is 19.7. The number of hydrogen-bond donors (Lipinski definition) is 0. The Labute approximate surface area is 197 Å². The Balaban J connectivity index is 1.62. The average Bonchev–Trinajstić information content (AvgIpc) is 3.23. The van der Waals surface area contributed by atoms with Gasteiger partial charge < -0.3 is 14.2 Å². The topological polar surface area (TPSA) is 54.8 Å². The Hall–Kier alpha value is -2.81. The highest BCUT2D eigenvalue weighted by Crippen LogP contribution is 2.46. The van der Waals surface area contributed by atoms with Crippen molar-refractivity contribution in [3.05, 3.63) is 52.8 Å². The number of benzene rings is 1. The molecule has 9 heteroatoms. The summed E-state index contributed by atoms with van der Waals surface area (Å²) in [5, 5.41) is 0. The lowest BCUT2D eigenvalue weighted by Crippen LogP contribution is -2.60. The van der Waals surface area contributed by atoms with Crippen LogP contribution >= 0.6 is 0 Å². The SMILES string of the molecule is COc1ccc(C(=O)N2CCC3(CC2)c2cc(C(=O)C(F)(F)F)cn2C(C)(C)CN3C)cc1C. The van der Waals surface area contributed by atoms with E-state index in [1.807, 2.05) is 32.4 Å². The summed E-state index contributed by atoms with van der Waals surface area (Å²) in [5.41, 5.74) is 0.785. The summed E-state index contributed by atoms with van der Waals surface area (Å²) in [7, 11) is 3.55. The third kappa shape index (κ3) is 3.89. The van der Waals surface area contributed by atoms with Crippen molar-refractivity contribution in [1.82, 2.24) is 14.4 Å². The van der Waals surface area contributed by atoms with E-state index in [-0.39, 0.29) is 11.5 Å². The van der Waals surface area contributed by atoms with Crippen LogP contribution in [0.2, 0.25) is 0 Å². The van der Waals surface area contributed by atoms with Crippen molar-refractivity contribution in [3.63, 3.8) is 0 Å². The smallest absolute Gasteiger partial charge is 0.454 e. The summed E-state index contributed by atoms with van der Waals surface area (Å²) in [6.45, 7) is 7.32. The quantitative estimate of drug-likeness (QED) is 0.617. The summed E-state index contributed by atoms with van der Waals surface area (Å²) in [4.78, 5) is 29.1. The Morgan fingerprint density at radius 2 is 1.71 bits per heavy atom. The van der Waals surface area contributed by atoms with Gasteiger partial charge in [0.1, 0.15) is 5.75 Å². The van der Waals surface area contributed by atoms with Crippen LogP contribution < -0.4 is 4.74 Å². The first kappa shape index (κ1) is 24.3. The molecule has 1 saturated heterocycles. The van der Waals surface area contributed by atoms with Crippen molar-refractivity contribution in [1.29, 1.82) is 0 Å². The van der Waals surface area contributed by atoms with Gasteiger partial charge in [0, 0.05) is 42.7 Å². The zero-order valence-electron chi connectivity index (χ0n) is 20.1. The predicted octanol–water partition coefficient (Wildman–Crippen LogP) is 4.36. The molecule has 1 fully saturated rings. The van der Waals surface area contributed by atoms with Crippen molar-refractivity contribution in [2.24, 2.45) is 0 Å². The van der Waals surface area contributed by atoms with Gasteiger partial charge in [-0.3, -0.25) is 14.5 Å². The van der Waals surface area contributed by atoms with Crippen molar-refractivity contribution < 1.29 is 27.5 Å². The molecule has 34 heavy (non-hydrogen) atoms. The van der Waals surface area contributed by atoms with E-state index in [1.165, 1.54) is 12.3 Å². The number of ether oxygens (including phenoxy) is 1. The molecule has 3 heterocycles. The molecule has 1 aromatic carbocycles. The molecule has 2 aliphatic rings. The Kier molecular flexibility index (Phi) is 5.83. The van der Waals surface area contributed by atoms with E-state index in [9.17, 15) is 22.8 Å². The minimum Gasteiger partial charge on any atom is -0.496 e. The van der Waals surface area contributed by atoms with Gasteiger partial charge in [0.15, 0.2) is 0 Å². The van der Waals surface area contributed by atoms with Crippen molar-refractivity contribution in [2.75, 3.05) is 33.8 Å². The first-order valence-electron chi connectivity index (χ1n) is 11.3. The van der Waals surface area contributed by atoms with Gasteiger partial charge in [0.2, 0.25) is 0 Å². The fourth-order valence-corrected chi connectivity index (χ4v) is 5.53. The summed E-state index contributed by atoms with van der Waals surface area (Å²) in [5.74, 6) is -1.20. The van der Waals surface area contributed by atoms with Gasteiger partial charge in [-0.25, -0.2) is 0 Å².